The molecule has 4 fully saturated rings. The summed E-state index contributed by atoms with van der Waals surface area (Å²) >= 11 is 1.15. The molecule has 0 aromatic carbocycles. The number of esters is 1. The SMILES string of the molecule is CCN(CC)S(=O)(=O)c1sc2c(c1C(=O)OC)CCN(C(=O)C13CC4CC(CC(C4)C1)C3)C2. The highest BCUT2D eigenvalue weighted by atomic mass is 32.2. The third kappa shape index (κ3) is 3.65. The summed E-state index contributed by atoms with van der Waals surface area (Å²) in [4.78, 5) is 29.3. The smallest absolute Gasteiger partial charge is 0.340 e. The maximum atomic E-state index is 13.9. The number of carbonyl (C=O) groups is 2. The average molecular weight is 495 g/mol. The normalized spacial score (nSPS) is 30.5. The summed E-state index contributed by atoms with van der Waals surface area (Å²) in [7, 11) is -2.52. The fraction of sp³-hybridized carbons (Fsp3) is 0.750. The zero-order valence-corrected chi connectivity index (χ0v) is 21.4. The van der Waals surface area contributed by atoms with Crippen LogP contribution < -0.4 is 0 Å². The highest BCUT2D eigenvalue weighted by Gasteiger charge is 2.56. The third-order valence-electron chi connectivity index (χ3n) is 8.47. The standard InChI is InChI=1S/C24H34N2O5S2/c1-4-26(5-2)33(29,30)22-20(21(27)31-3)18-6-7-25(14-19(18)32-22)23(28)24-11-15-8-16(12-24)10-17(9-15)13-24/h15-17H,4-14H2,1-3H3. The Balaban J connectivity index is 1.47. The van der Waals surface area contributed by atoms with Gasteiger partial charge in [0.2, 0.25) is 5.91 Å². The van der Waals surface area contributed by atoms with Crippen molar-refractivity contribution in [3.8, 4) is 0 Å². The molecule has 0 unspecified atom stereocenters. The molecule has 0 N–H and O–H groups in total. The summed E-state index contributed by atoms with van der Waals surface area (Å²) in [5.74, 6) is 1.73. The van der Waals surface area contributed by atoms with Gasteiger partial charge >= 0.3 is 5.97 Å². The monoisotopic (exact) mass is 494 g/mol. The second kappa shape index (κ2) is 8.34. The summed E-state index contributed by atoms with van der Waals surface area (Å²) in [5, 5.41) is 0. The van der Waals surface area contributed by atoms with Gasteiger partial charge in [-0.1, -0.05) is 13.8 Å². The molecule has 182 valence electrons. The van der Waals surface area contributed by atoms with Crippen molar-refractivity contribution < 1.29 is 22.7 Å². The van der Waals surface area contributed by atoms with Gasteiger partial charge in [-0.05, 0) is 68.3 Å². The van der Waals surface area contributed by atoms with E-state index in [9.17, 15) is 18.0 Å². The lowest BCUT2D eigenvalue weighted by atomic mass is 9.49. The quantitative estimate of drug-likeness (QED) is 0.564. The van der Waals surface area contributed by atoms with Gasteiger partial charge in [-0.25, -0.2) is 13.2 Å². The lowest BCUT2D eigenvalue weighted by Gasteiger charge is -2.56. The molecular weight excluding hydrogens is 460 g/mol. The Morgan fingerprint density at radius 2 is 1.67 bits per heavy atom. The Labute approximate surface area is 200 Å². The zero-order chi connectivity index (χ0) is 23.5. The molecular formula is C24H34N2O5S2. The van der Waals surface area contributed by atoms with Crippen LogP contribution in [0.5, 0.6) is 0 Å². The summed E-state index contributed by atoms with van der Waals surface area (Å²) in [6.07, 6.45) is 7.40. The van der Waals surface area contributed by atoms with Gasteiger partial charge in [-0.2, -0.15) is 4.31 Å². The maximum Gasteiger partial charge on any atom is 0.340 e. The fourth-order valence-corrected chi connectivity index (χ4v) is 10.9. The van der Waals surface area contributed by atoms with Crippen LogP contribution in [0.1, 0.15) is 73.2 Å². The van der Waals surface area contributed by atoms with Crippen LogP contribution >= 0.6 is 11.3 Å². The minimum atomic E-state index is -3.81. The largest absolute Gasteiger partial charge is 0.465 e. The van der Waals surface area contributed by atoms with E-state index in [1.165, 1.54) is 30.7 Å². The van der Waals surface area contributed by atoms with E-state index >= 15 is 0 Å². The molecule has 7 nitrogen and oxygen atoms in total. The molecule has 33 heavy (non-hydrogen) atoms. The lowest BCUT2D eigenvalue weighted by molar-refractivity contribution is -0.158. The second-order valence-corrected chi connectivity index (χ2v) is 13.7. The highest BCUT2D eigenvalue weighted by molar-refractivity contribution is 7.91. The van der Waals surface area contributed by atoms with E-state index in [4.69, 9.17) is 4.74 Å². The van der Waals surface area contributed by atoms with Crippen molar-refractivity contribution in [2.24, 2.45) is 23.2 Å². The maximum absolute atomic E-state index is 13.9. The number of hydrogen-bond donors (Lipinski definition) is 0. The first-order valence-corrected chi connectivity index (χ1v) is 14.5. The van der Waals surface area contributed by atoms with Gasteiger partial charge in [-0.15, -0.1) is 11.3 Å². The molecule has 0 atom stereocenters. The molecule has 4 bridgehead atoms. The summed E-state index contributed by atoms with van der Waals surface area (Å²) in [6.45, 7) is 5.16. The zero-order valence-electron chi connectivity index (χ0n) is 19.8. The van der Waals surface area contributed by atoms with Crippen LogP contribution in [-0.4, -0.2) is 56.2 Å². The van der Waals surface area contributed by atoms with Crippen molar-refractivity contribution in [1.29, 1.82) is 0 Å². The summed E-state index contributed by atoms with van der Waals surface area (Å²) < 4.78 is 33.1. The number of sulfonamides is 1. The van der Waals surface area contributed by atoms with E-state index < -0.39 is 16.0 Å². The second-order valence-electron chi connectivity index (χ2n) is 10.4. The topological polar surface area (TPSA) is 84.0 Å². The number of thiophene rings is 1. The average Bonchev–Trinajstić information content (AvgIpc) is 3.17. The van der Waals surface area contributed by atoms with Gasteiger partial charge in [0.05, 0.1) is 24.6 Å². The van der Waals surface area contributed by atoms with E-state index in [-0.39, 0.29) is 21.1 Å². The lowest BCUT2D eigenvalue weighted by Crippen LogP contribution is -2.55. The Hall–Kier alpha value is -1.45. The van der Waals surface area contributed by atoms with Crippen LogP contribution in [0.3, 0.4) is 0 Å². The van der Waals surface area contributed by atoms with E-state index in [0.717, 1.165) is 41.0 Å². The number of methoxy groups -OCH3 is 1. The van der Waals surface area contributed by atoms with E-state index in [2.05, 4.69) is 0 Å². The first kappa shape index (κ1) is 23.3. The third-order valence-corrected chi connectivity index (χ3v) is 12.2. The van der Waals surface area contributed by atoms with Gasteiger partial charge in [0.25, 0.3) is 10.0 Å². The van der Waals surface area contributed by atoms with Crippen LogP contribution in [0.15, 0.2) is 4.21 Å². The van der Waals surface area contributed by atoms with Crippen molar-refractivity contribution >= 4 is 33.2 Å². The molecule has 1 aliphatic heterocycles. The van der Waals surface area contributed by atoms with E-state index in [1.54, 1.807) is 13.8 Å². The van der Waals surface area contributed by atoms with Crippen molar-refractivity contribution in [3.63, 3.8) is 0 Å². The van der Waals surface area contributed by atoms with Crippen molar-refractivity contribution in [2.75, 3.05) is 26.7 Å². The Morgan fingerprint density at radius 1 is 1.09 bits per heavy atom. The van der Waals surface area contributed by atoms with Crippen LogP contribution in [0, 0.1) is 23.2 Å². The molecule has 0 saturated heterocycles. The molecule has 0 spiro atoms. The molecule has 9 heteroatoms. The van der Waals surface area contributed by atoms with Gasteiger partial charge in [-0.3, -0.25) is 4.79 Å². The number of hydrogen-bond acceptors (Lipinski definition) is 6. The molecule has 5 aliphatic rings. The van der Waals surface area contributed by atoms with Crippen molar-refractivity contribution in [1.82, 2.24) is 9.21 Å². The minimum Gasteiger partial charge on any atom is -0.465 e. The van der Waals surface area contributed by atoms with Gasteiger partial charge in [0.15, 0.2) is 0 Å². The molecule has 1 amide bonds. The molecule has 0 radical (unpaired) electrons. The first-order chi connectivity index (χ1) is 15.7. The van der Waals surface area contributed by atoms with Crippen LogP contribution in [0.4, 0.5) is 0 Å². The number of rotatable bonds is 6. The highest BCUT2D eigenvalue weighted by Crippen LogP contribution is 2.60. The van der Waals surface area contributed by atoms with E-state index in [1.807, 2.05) is 4.90 Å². The van der Waals surface area contributed by atoms with E-state index in [0.29, 0.717) is 50.4 Å². The first-order valence-electron chi connectivity index (χ1n) is 12.2. The van der Waals surface area contributed by atoms with Crippen molar-refractivity contribution in [3.05, 3.63) is 16.0 Å². The van der Waals surface area contributed by atoms with Crippen LogP contribution in [-0.2, 0) is 32.5 Å². The van der Waals surface area contributed by atoms with Gasteiger partial charge in [0, 0.05) is 24.5 Å². The molecule has 4 aliphatic carbocycles. The van der Waals surface area contributed by atoms with Crippen molar-refractivity contribution in [2.45, 2.75) is 69.5 Å². The molecule has 2 heterocycles. The minimum absolute atomic E-state index is 0.0622. The van der Waals surface area contributed by atoms with Crippen LogP contribution in [0.2, 0.25) is 0 Å². The fourth-order valence-electron chi connectivity index (χ4n) is 7.43. The number of ether oxygens (including phenoxy) is 1. The number of nitrogens with zero attached hydrogens (tertiary/aromatic N) is 2. The molecule has 1 aromatic rings. The Kier molecular flexibility index (Phi) is 5.89. The predicted octanol–water partition coefficient (Wildman–Crippen LogP) is 3.67. The summed E-state index contributed by atoms with van der Waals surface area (Å²) in [5.41, 5.74) is 0.698. The van der Waals surface area contributed by atoms with Crippen LogP contribution in [0.25, 0.3) is 0 Å². The molecule has 1 aromatic heterocycles. The Bertz CT molecular complexity index is 1040. The molecule has 4 saturated carbocycles. The summed E-state index contributed by atoms with van der Waals surface area (Å²) in [6, 6.07) is 0. The number of fused-ring (bicyclic) bond motifs is 1. The van der Waals surface area contributed by atoms with Gasteiger partial charge in [0.1, 0.15) is 4.21 Å². The van der Waals surface area contributed by atoms with Gasteiger partial charge < -0.3 is 9.64 Å². The predicted molar refractivity (Wildman–Crippen MR) is 125 cm³/mol. The number of carbonyl (C=O) groups excluding carboxylic acids is 2. The number of amides is 1. The molecule has 6 rings (SSSR count). The Morgan fingerprint density at radius 3 is 2.18 bits per heavy atom.